The van der Waals surface area contributed by atoms with E-state index < -0.39 is 0 Å². The van der Waals surface area contributed by atoms with Crippen molar-refractivity contribution in [3.05, 3.63) is 37.5 Å². The number of ether oxygens (including phenoxy) is 2. The van der Waals surface area contributed by atoms with Gasteiger partial charge in [-0.25, -0.2) is 4.98 Å². The average Bonchev–Trinajstić information content (AvgIpc) is 2.81. The minimum Gasteiger partial charge on any atom is -0.475 e. The average molecular weight is 436 g/mol. The van der Waals surface area contributed by atoms with Crippen molar-refractivity contribution in [1.29, 1.82) is 0 Å². The Labute approximate surface area is 142 Å². The lowest BCUT2D eigenvalue weighted by atomic mass is 10.4. The molecular formula is C13H12Br2N2O3S. The Morgan fingerprint density at radius 3 is 2.76 bits per heavy atom. The highest BCUT2D eigenvalue weighted by Crippen LogP contribution is 2.32. The van der Waals surface area contributed by atoms with Crippen molar-refractivity contribution in [2.45, 2.75) is 0 Å². The highest BCUT2D eigenvalue weighted by atomic mass is 79.9. The summed E-state index contributed by atoms with van der Waals surface area (Å²) in [5.41, 5.74) is 0.611. The Kier molecular flexibility index (Phi) is 6.16. The van der Waals surface area contributed by atoms with Crippen LogP contribution in [0.15, 0.2) is 32.7 Å². The van der Waals surface area contributed by atoms with E-state index in [1.807, 2.05) is 0 Å². The number of aromatic nitrogens is 1. The van der Waals surface area contributed by atoms with Crippen LogP contribution >= 0.6 is 43.2 Å². The number of carbonyl (C=O) groups is 1. The van der Waals surface area contributed by atoms with Crippen LogP contribution < -0.4 is 10.1 Å². The number of pyridine rings is 1. The first-order chi connectivity index (χ1) is 10.1. The molecule has 0 atom stereocenters. The number of carbonyl (C=O) groups excluding carboxylic acids is 1. The van der Waals surface area contributed by atoms with E-state index in [1.54, 1.807) is 31.5 Å². The van der Waals surface area contributed by atoms with Crippen molar-refractivity contribution in [3.8, 4) is 5.88 Å². The molecule has 1 amide bonds. The van der Waals surface area contributed by atoms with Crippen LogP contribution in [0.5, 0.6) is 5.88 Å². The van der Waals surface area contributed by atoms with E-state index in [0.717, 1.165) is 8.26 Å². The van der Waals surface area contributed by atoms with Gasteiger partial charge in [-0.3, -0.25) is 4.79 Å². The van der Waals surface area contributed by atoms with Crippen LogP contribution in [0.2, 0.25) is 0 Å². The zero-order valence-corrected chi connectivity index (χ0v) is 15.0. The highest BCUT2D eigenvalue weighted by Gasteiger charge is 2.12. The van der Waals surface area contributed by atoms with Gasteiger partial charge in [-0.1, -0.05) is 0 Å². The fraction of sp³-hybridized carbons (Fsp3) is 0.231. The van der Waals surface area contributed by atoms with Crippen LogP contribution in [0.1, 0.15) is 9.67 Å². The number of hydrogen-bond donors (Lipinski definition) is 1. The lowest BCUT2D eigenvalue weighted by Gasteiger charge is -2.06. The lowest BCUT2D eigenvalue weighted by Crippen LogP contribution is -2.10. The Balaban J connectivity index is 1.95. The molecule has 5 nitrogen and oxygen atoms in total. The van der Waals surface area contributed by atoms with Crippen molar-refractivity contribution in [2.24, 2.45) is 0 Å². The second-order valence-electron chi connectivity index (χ2n) is 3.91. The molecule has 2 aromatic rings. The maximum absolute atomic E-state index is 12.1. The molecule has 8 heteroatoms. The van der Waals surface area contributed by atoms with E-state index in [0.29, 0.717) is 29.7 Å². The number of anilines is 1. The molecule has 2 aromatic heterocycles. The molecule has 0 aromatic carbocycles. The van der Waals surface area contributed by atoms with Crippen molar-refractivity contribution < 1.29 is 14.3 Å². The molecule has 0 saturated heterocycles. The number of nitrogens with one attached hydrogen (secondary N) is 1. The summed E-state index contributed by atoms with van der Waals surface area (Å²) in [6.45, 7) is 0.939. The largest absolute Gasteiger partial charge is 0.475 e. The Morgan fingerprint density at radius 1 is 1.38 bits per heavy atom. The summed E-state index contributed by atoms with van der Waals surface area (Å²) in [7, 11) is 1.61. The van der Waals surface area contributed by atoms with Crippen molar-refractivity contribution in [3.63, 3.8) is 0 Å². The molecule has 2 heterocycles. The Morgan fingerprint density at radius 2 is 2.19 bits per heavy atom. The summed E-state index contributed by atoms with van der Waals surface area (Å²) in [6.07, 6.45) is 1.55. The fourth-order valence-corrected chi connectivity index (χ4v) is 3.35. The molecule has 0 radical (unpaired) electrons. The number of thiophene rings is 1. The summed E-state index contributed by atoms with van der Waals surface area (Å²) < 4.78 is 12.0. The number of nitrogens with zero attached hydrogens (tertiary/aromatic N) is 1. The van der Waals surface area contributed by atoms with Crippen LogP contribution in [0.3, 0.4) is 0 Å². The molecule has 21 heavy (non-hydrogen) atoms. The standard InChI is InChI=1S/C13H12Br2N2O3S/c1-19-4-5-20-11-3-2-8(7-16-11)17-13(18)10-6-9(14)12(15)21-10/h2-3,6-7H,4-5H2,1H3,(H,17,18). The third kappa shape index (κ3) is 4.77. The van der Waals surface area contributed by atoms with Crippen LogP contribution in [-0.2, 0) is 4.74 Å². The Hall–Kier alpha value is -0.960. The maximum Gasteiger partial charge on any atom is 0.265 e. The SMILES string of the molecule is COCCOc1ccc(NC(=O)c2cc(Br)c(Br)s2)cn1. The molecular weight excluding hydrogens is 424 g/mol. The third-order valence-electron chi connectivity index (χ3n) is 2.40. The number of methoxy groups -OCH3 is 1. The molecule has 112 valence electrons. The molecule has 2 rings (SSSR count). The van der Waals surface area contributed by atoms with Gasteiger partial charge in [0.25, 0.3) is 5.91 Å². The molecule has 0 fully saturated rings. The van der Waals surface area contributed by atoms with Gasteiger partial charge >= 0.3 is 0 Å². The Bertz CT molecular complexity index is 597. The summed E-state index contributed by atoms with van der Waals surface area (Å²) in [5, 5.41) is 2.78. The van der Waals surface area contributed by atoms with E-state index in [2.05, 4.69) is 42.2 Å². The first-order valence-corrected chi connectivity index (χ1v) is 8.34. The van der Waals surface area contributed by atoms with Gasteiger partial charge in [0, 0.05) is 17.6 Å². The first-order valence-electron chi connectivity index (χ1n) is 5.94. The number of rotatable bonds is 6. The molecule has 0 bridgehead atoms. The van der Waals surface area contributed by atoms with Gasteiger partial charge in [0.1, 0.15) is 6.61 Å². The zero-order chi connectivity index (χ0) is 15.2. The van der Waals surface area contributed by atoms with Crippen molar-refractivity contribution in [2.75, 3.05) is 25.6 Å². The highest BCUT2D eigenvalue weighted by molar-refractivity contribution is 9.13. The van der Waals surface area contributed by atoms with Gasteiger partial charge in [0.15, 0.2) is 0 Å². The molecule has 1 N–H and O–H groups in total. The quantitative estimate of drug-likeness (QED) is 0.698. The zero-order valence-electron chi connectivity index (χ0n) is 11.1. The predicted molar refractivity (Wildman–Crippen MR) is 89.3 cm³/mol. The smallest absolute Gasteiger partial charge is 0.265 e. The molecule has 0 aliphatic rings. The van der Waals surface area contributed by atoms with E-state index >= 15 is 0 Å². The van der Waals surface area contributed by atoms with Crippen LogP contribution in [0, 0.1) is 0 Å². The fourth-order valence-electron chi connectivity index (χ4n) is 1.42. The van der Waals surface area contributed by atoms with Gasteiger partial charge in [-0.05, 0) is 44.0 Å². The van der Waals surface area contributed by atoms with Gasteiger partial charge in [0.05, 0.1) is 27.2 Å². The first kappa shape index (κ1) is 16.4. The summed E-state index contributed by atoms with van der Waals surface area (Å²) in [4.78, 5) is 16.8. The summed E-state index contributed by atoms with van der Waals surface area (Å²) in [6, 6.07) is 5.20. The van der Waals surface area contributed by atoms with E-state index in [-0.39, 0.29) is 5.91 Å². The van der Waals surface area contributed by atoms with Crippen molar-refractivity contribution >= 4 is 54.8 Å². The predicted octanol–water partition coefficient (Wildman–Crippen LogP) is 3.95. The molecule has 0 spiro atoms. The molecule has 0 saturated carbocycles. The normalized spacial score (nSPS) is 10.4. The third-order valence-corrected chi connectivity index (χ3v) is 5.66. The van der Waals surface area contributed by atoms with Crippen LogP contribution in [0.25, 0.3) is 0 Å². The summed E-state index contributed by atoms with van der Waals surface area (Å²) >= 11 is 8.07. The second kappa shape index (κ2) is 7.88. The maximum atomic E-state index is 12.1. The number of halogens is 2. The minimum atomic E-state index is -0.179. The van der Waals surface area contributed by atoms with Crippen molar-refractivity contribution in [1.82, 2.24) is 4.98 Å². The summed E-state index contributed by atoms with van der Waals surface area (Å²) in [5.74, 6) is 0.313. The van der Waals surface area contributed by atoms with Gasteiger partial charge < -0.3 is 14.8 Å². The van der Waals surface area contributed by atoms with Crippen LogP contribution in [-0.4, -0.2) is 31.2 Å². The van der Waals surface area contributed by atoms with E-state index in [9.17, 15) is 4.79 Å². The van der Waals surface area contributed by atoms with Gasteiger partial charge in [0.2, 0.25) is 5.88 Å². The molecule has 0 aliphatic heterocycles. The minimum absolute atomic E-state index is 0.179. The number of amides is 1. The monoisotopic (exact) mass is 434 g/mol. The molecule has 0 aliphatic carbocycles. The van der Waals surface area contributed by atoms with Gasteiger partial charge in [-0.15, -0.1) is 11.3 Å². The molecule has 0 unspecified atom stereocenters. The van der Waals surface area contributed by atoms with Gasteiger partial charge in [-0.2, -0.15) is 0 Å². The van der Waals surface area contributed by atoms with Crippen LogP contribution in [0.4, 0.5) is 5.69 Å². The second-order valence-corrected chi connectivity index (χ2v) is 7.14. The topological polar surface area (TPSA) is 60.5 Å². The lowest BCUT2D eigenvalue weighted by molar-refractivity contribution is 0.103. The van der Waals surface area contributed by atoms with E-state index in [4.69, 9.17) is 9.47 Å². The van der Waals surface area contributed by atoms with E-state index in [1.165, 1.54) is 11.3 Å². The number of hydrogen-bond acceptors (Lipinski definition) is 5.